The lowest BCUT2D eigenvalue weighted by molar-refractivity contribution is -1.11. The smallest absolute Gasteiger partial charge is 0.213 e. The third kappa shape index (κ3) is 6.34. The number of rotatable bonds is 10. The highest BCUT2D eigenvalue weighted by Gasteiger charge is 2.37. The Morgan fingerprint density at radius 2 is 0.789 bits per heavy atom. The molecular formula is C34H38N2O2+2. The molecule has 0 bridgehead atoms. The van der Waals surface area contributed by atoms with Crippen molar-refractivity contribution in [3.63, 3.8) is 0 Å². The number of quaternary nitrogens is 2. The van der Waals surface area contributed by atoms with Gasteiger partial charge in [-0.05, 0) is 0 Å². The van der Waals surface area contributed by atoms with Crippen molar-refractivity contribution in [2.24, 2.45) is 0 Å². The fourth-order valence-corrected chi connectivity index (χ4v) is 5.09. The van der Waals surface area contributed by atoms with E-state index >= 15 is 0 Å². The van der Waals surface area contributed by atoms with Gasteiger partial charge in [0.25, 0.3) is 0 Å². The molecule has 4 nitrogen and oxygen atoms in total. The van der Waals surface area contributed by atoms with Crippen molar-refractivity contribution in [2.45, 2.75) is 26.2 Å². The number of carbonyl (C=O) groups excluding carboxylic acids is 2. The Hall–Kier alpha value is -3.86. The molecule has 0 saturated heterocycles. The predicted octanol–water partition coefficient (Wildman–Crippen LogP) is 6.35. The van der Waals surface area contributed by atoms with E-state index < -0.39 is 0 Å². The van der Waals surface area contributed by atoms with Crippen molar-refractivity contribution < 1.29 is 18.6 Å². The maximum Gasteiger partial charge on any atom is 0.213 e. The molecule has 0 radical (unpaired) electrons. The monoisotopic (exact) mass is 506 g/mol. The first-order chi connectivity index (χ1) is 18.1. The van der Waals surface area contributed by atoms with Crippen LogP contribution in [0, 0.1) is 0 Å². The zero-order chi connectivity index (χ0) is 27.3. The standard InChI is InChI=1S/C34H38N2O2/c1-26(35(2,3)24-27-16-20-31(21-17-27)33(37)29-12-8-6-9-13-29)36(4,5)25-28-18-22-32(23-19-28)34(38)30-14-10-7-11-15-30/h6-23,26H,24-25H2,1-5H3/q+2. The average Bonchev–Trinajstić information content (AvgIpc) is 2.93. The van der Waals surface area contributed by atoms with Crippen LogP contribution < -0.4 is 0 Å². The van der Waals surface area contributed by atoms with Crippen LogP contribution >= 0.6 is 0 Å². The molecule has 0 aromatic heterocycles. The van der Waals surface area contributed by atoms with Crippen molar-refractivity contribution in [1.82, 2.24) is 0 Å². The molecule has 4 rings (SSSR count). The molecule has 4 aromatic rings. The molecule has 38 heavy (non-hydrogen) atoms. The summed E-state index contributed by atoms with van der Waals surface area (Å²) in [5.41, 5.74) is 5.25. The SMILES string of the molecule is CC([N+](C)(C)Cc1ccc(C(=O)c2ccccc2)cc1)[N+](C)(C)Cc1ccc(C(=O)c2ccccc2)cc1. The minimum Gasteiger partial charge on any atom is -0.289 e. The highest BCUT2D eigenvalue weighted by atomic mass is 16.1. The zero-order valence-corrected chi connectivity index (χ0v) is 23.1. The van der Waals surface area contributed by atoms with Crippen molar-refractivity contribution >= 4 is 11.6 Å². The van der Waals surface area contributed by atoms with Crippen molar-refractivity contribution in [3.05, 3.63) is 143 Å². The normalized spacial score (nSPS) is 11.9. The van der Waals surface area contributed by atoms with E-state index in [1.807, 2.05) is 84.9 Å². The lowest BCUT2D eigenvalue weighted by Crippen LogP contribution is -2.62. The second-order valence-electron chi connectivity index (χ2n) is 11.3. The summed E-state index contributed by atoms with van der Waals surface area (Å²) in [7, 11) is 9.04. The van der Waals surface area contributed by atoms with Crippen LogP contribution in [0.3, 0.4) is 0 Å². The fraction of sp³-hybridized carbons (Fsp3) is 0.235. The lowest BCUT2D eigenvalue weighted by Gasteiger charge is -2.45. The highest BCUT2D eigenvalue weighted by Crippen LogP contribution is 2.24. The molecule has 0 aliphatic heterocycles. The summed E-state index contributed by atoms with van der Waals surface area (Å²) in [6, 6.07) is 34.9. The topological polar surface area (TPSA) is 34.1 Å². The molecule has 0 fully saturated rings. The molecule has 0 unspecified atom stereocenters. The van der Waals surface area contributed by atoms with Crippen LogP contribution in [0.5, 0.6) is 0 Å². The van der Waals surface area contributed by atoms with Crippen LogP contribution in [0.25, 0.3) is 0 Å². The Bertz CT molecular complexity index is 1270. The summed E-state index contributed by atoms with van der Waals surface area (Å²) < 4.78 is 1.59. The van der Waals surface area contributed by atoms with E-state index in [1.54, 1.807) is 0 Å². The maximum absolute atomic E-state index is 12.8. The predicted molar refractivity (Wildman–Crippen MR) is 154 cm³/mol. The van der Waals surface area contributed by atoms with Crippen LogP contribution in [0.1, 0.15) is 49.9 Å². The molecule has 0 aliphatic rings. The molecule has 0 amide bonds. The van der Waals surface area contributed by atoms with E-state index in [1.165, 1.54) is 11.1 Å². The Morgan fingerprint density at radius 3 is 1.11 bits per heavy atom. The first kappa shape index (κ1) is 27.2. The summed E-state index contributed by atoms with van der Waals surface area (Å²) in [5, 5.41) is 0. The van der Waals surface area contributed by atoms with Gasteiger partial charge in [0, 0.05) is 40.3 Å². The molecule has 0 heterocycles. The molecular weight excluding hydrogens is 468 g/mol. The van der Waals surface area contributed by atoms with Crippen LogP contribution in [0.4, 0.5) is 0 Å². The fourth-order valence-electron chi connectivity index (χ4n) is 5.09. The van der Waals surface area contributed by atoms with Gasteiger partial charge < -0.3 is 0 Å². The van der Waals surface area contributed by atoms with Crippen LogP contribution in [0.2, 0.25) is 0 Å². The van der Waals surface area contributed by atoms with Gasteiger partial charge in [-0.3, -0.25) is 18.6 Å². The number of benzene rings is 4. The van der Waals surface area contributed by atoms with Gasteiger partial charge in [0.2, 0.25) is 6.17 Å². The van der Waals surface area contributed by atoms with Gasteiger partial charge in [-0.1, -0.05) is 109 Å². The Balaban J connectivity index is 1.41. The summed E-state index contributed by atoms with van der Waals surface area (Å²) in [6.07, 6.45) is 0.297. The zero-order valence-electron chi connectivity index (χ0n) is 23.1. The minimum absolute atomic E-state index is 0.0496. The van der Waals surface area contributed by atoms with Crippen LogP contribution in [-0.2, 0) is 13.1 Å². The summed E-state index contributed by atoms with van der Waals surface area (Å²) in [4.78, 5) is 25.5. The summed E-state index contributed by atoms with van der Waals surface area (Å²) in [5.74, 6) is 0.0992. The van der Waals surface area contributed by atoms with Crippen LogP contribution in [0.15, 0.2) is 109 Å². The number of ketones is 2. The van der Waals surface area contributed by atoms with Crippen molar-refractivity contribution in [3.8, 4) is 0 Å². The largest absolute Gasteiger partial charge is 0.289 e. The van der Waals surface area contributed by atoms with E-state index in [9.17, 15) is 9.59 Å². The second-order valence-corrected chi connectivity index (χ2v) is 11.3. The third-order valence-electron chi connectivity index (χ3n) is 7.71. The van der Waals surface area contributed by atoms with E-state index in [-0.39, 0.29) is 11.6 Å². The Kier molecular flexibility index (Phi) is 8.05. The number of nitrogens with zero attached hydrogens (tertiary/aromatic N) is 2. The van der Waals surface area contributed by atoms with Gasteiger partial charge in [-0.25, -0.2) is 0 Å². The number of hydrogen-bond acceptors (Lipinski definition) is 2. The number of hydrogen-bond donors (Lipinski definition) is 0. The molecule has 4 heteroatoms. The van der Waals surface area contributed by atoms with E-state index in [2.05, 4.69) is 59.4 Å². The average molecular weight is 507 g/mol. The molecule has 0 aliphatic carbocycles. The van der Waals surface area contributed by atoms with E-state index in [4.69, 9.17) is 0 Å². The van der Waals surface area contributed by atoms with Gasteiger partial charge in [0.1, 0.15) is 13.1 Å². The van der Waals surface area contributed by atoms with Gasteiger partial charge >= 0.3 is 0 Å². The Labute approximate surface area is 227 Å². The summed E-state index contributed by atoms with van der Waals surface area (Å²) >= 11 is 0. The first-order valence-corrected chi connectivity index (χ1v) is 13.1. The van der Waals surface area contributed by atoms with Gasteiger partial charge in [0.05, 0.1) is 28.2 Å². The molecule has 4 aromatic carbocycles. The van der Waals surface area contributed by atoms with E-state index in [0.717, 1.165) is 22.1 Å². The lowest BCUT2D eigenvalue weighted by atomic mass is 10.0. The van der Waals surface area contributed by atoms with Crippen molar-refractivity contribution in [1.29, 1.82) is 0 Å². The quantitative estimate of drug-likeness (QED) is 0.143. The minimum atomic E-state index is 0.0496. The number of carbonyl (C=O) groups is 2. The molecule has 0 atom stereocenters. The van der Waals surface area contributed by atoms with Crippen molar-refractivity contribution in [2.75, 3.05) is 28.2 Å². The molecule has 0 saturated carbocycles. The molecule has 0 N–H and O–H groups in total. The second kappa shape index (κ2) is 11.3. The molecule has 0 spiro atoms. The van der Waals surface area contributed by atoms with Gasteiger partial charge in [0.15, 0.2) is 11.6 Å². The van der Waals surface area contributed by atoms with Crippen LogP contribution in [-0.4, -0.2) is 54.9 Å². The molecule has 194 valence electrons. The summed E-state index contributed by atoms with van der Waals surface area (Å²) in [6.45, 7) is 4.00. The maximum atomic E-state index is 12.8. The van der Waals surface area contributed by atoms with E-state index in [0.29, 0.717) is 28.4 Å². The highest BCUT2D eigenvalue weighted by molar-refractivity contribution is 6.09. The van der Waals surface area contributed by atoms with Gasteiger partial charge in [-0.2, -0.15) is 0 Å². The first-order valence-electron chi connectivity index (χ1n) is 13.1. The van der Waals surface area contributed by atoms with Gasteiger partial charge in [-0.15, -0.1) is 0 Å². The Morgan fingerprint density at radius 1 is 0.500 bits per heavy atom. The third-order valence-corrected chi connectivity index (χ3v) is 7.71.